The zero-order valence-electron chi connectivity index (χ0n) is 15.4. The number of hydrogen-bond donors (Lipinski definition) is 1. The summed E-state index contributed by atoms with van der Waals surface area (Å²) >= 11 is 0. The zero-order chi connectivity index (χ0) is 18.9. The van der Waals surface area contributed by atoms with Crippen molar-refractivity contribution in [1.29, 1.82) is 0 Å². The molecule has 1 unspecified atom stereocenters. The number of benzene rings is 2. The van der Waals surface area contributed by atoms with Crippen LogP contribution in [0.2, 0.25) is 0 Å². The Balaban J connectivity index is 1.64. The molecule has 144 valence electrons. The van der Waals surface area contributed by atoms with Crippen molar-refractivity contribution in [3.63, 3.8) is 0 Å². The summed E-state index contributed by atoms with van der Waals surface area (Å²) in [7, 11) is 0. The largest absolute Gasteiger partial charge is 0.454 e. The molecular formula is C21H21N3O4. The first kappa shape index (κ1) is 17.2. The number of fused-ring (bicyclic) bond motifs is 3. The van der Waals surface area contributed by atoms with Crippen molar-refractivity contribution in [2.24, 2.45) is 0 Å². The Morgan fingerprint density at radius 2 is 2.04 bits per heavy atom. The third-order valence-corrected chi connectivity index (χ3v) is 5.21. The van der Waals surface area contributed by atoms with Crippen molar-refractivity contribution >= 4 is 10.9 Å². The Bertz CT molecular complexity index is 1060. The molecule has 1 fully saturated rings. The minimum Gasteiger partial charge on any atom is -0.454 e. The van der Waals surface area contributed by atoms with E-state index in [1.54, 1.807) is 4.57 Å². The molecule has 2 aliphatic rings. The number of ether oxygens (including phenoxy) is 3. The fourth-order valence-electron chi connectivity index (χ4n) is 3.83. The highest BCUT2D eigenvalue weighted by Gasteiger charge is 2.24. The predicted molar refractivity (Wildman–Crippen MR) is 105 cm³/mol. The number of nitrogens with zero attached hydrogens (tertiary/aromatic N) is 2. The summed E-state index contributed by atoms with van der Waals surface area (Å²) in [6, 6.07) is 13.5. The molecule has 0 aliphatic carbocycles. The quantitative estimate of drug-likeness (QED) is 0.749. The molecule has 28 heavy (non-hydrogen) atoms. The summed E-state index contributed by atoms with van der Waals surface area (Å²) < 4.78 is 18.8. The van der Waals surface area contributed by atoms with E-state index in [-0.39, 0.29) is 18.6 Å². The minimum absolute atomic E-state index is 0.0958. The minimum atomic E-state index is -0.269. The van der Waals surface area contributed by atoms with Gasteiger partial charge in [-0.3, -0.25) is 4.57 Å². The lowest BCUT2D eigenvalue weighted by atomic mass is 10.0. The first-order valence-electron chi connectivity index (χ1n) is 9.52. The zero-order valence-corrected chi connectivity index (χ0v) is 15.4. The van der Waals surface area contributed by atoms with Gasteiger partial charge in [0.2, 0.25) is 6.79 Å². The predicted octanol–water partition coefficient (Wildman–Crippen LogP) is 2.17. The highest BCUT2D eigenvalue weighted by atomic mass is 16.7. The van der Waals surface area contributed by atoms with Crippen LogP contribution in [0.15, 0.2) is 47.3 Å². The molecule has 2 aliphatic heterocycles. The maximum atomic E-state index is 12.9. The van der Waals surface area contributed by atoms with Crippen molar-refractivity contribution in [1.82, 2.24) is 14.9 Å². The van der Waals surface area contributed by atoms with E-state index < -0.39 is 0 Å². The number of morpholine rings is 1. The molecule has 3 aromatic rings. The molecule has 1 saturated heterocycles. The van der Waals surface area contributed by atoms with Crippen LogP contribution in [0.25, 0.3) is 22.2 Å². The average Bonchev–Trinajstić information content (AvgIpc) is 3.23. The van der Waals surface area contributed by atoms with Gasteiger partial charge in [0.15, 0.2) is 11.5 Å². The van der Waals surface area contributed by atoms with Gasteiger partial charge in [-0.1, -0.05) is 30.3 Å². The lowest BCUT2D eigenvalue weighted by molar-refractivity contribution is 0.0210. The summed E-state index contributed by atoms with van der Waals surface area (Å²) in [5, 5.41) is 4.13. The molecule has 0 radical (unpaired) electrons. The van der Waals surface area contributed by atoms with Gasteiger partial charge < -0.3 is 19.5 Å². The number of rotatable bonds is 4. The van der Waals surface area contributed by atoms with Gasteiger partial charge in [0, 0.05) is 25.2 Å². The fraction of sp³-hybridized carbons (Fsp3) is 0.333. The standard InChI is InChI=1S/C21H21N3O4/c25-21-23-19(14-4-2-1-3-5-14)18-16(6-7-17-20(18)28-13-27-17)24(21)10-8-15-12-22-9-11-26-15/h1-7,15,22H,8-13H2. The van der Waals surface area contributed by atoms with E-state index >= 15 is 0 Å². The number of nitrogens with one attached hydrogen (secondary N) is 1. The smallest absolute Gasteiger partial charge is 0.348 e. The van der Waals surface area contributed by atoms with Crippen molar-refractivity contribution in [2.45, 2.75) is 19.1 Å². The summed E-state index contributed by atoms with van der Waals surface area (Å²) in [6.07, 6.45) is 0.835. The van der Waals surface area contributed by atoms with Crippen molar-refractivity contribution in [2.75, 3.05) is 26.5 Å². The Kier molecular flexibility index (Phi) is 4.46. The van der Waals surface area contributed by atoms with Gasteiger partial charge in [0.1, 0.15) is 0 Å². The first-order valence-corrected chi connectivity index (χ1v) is 9.52. The van der Waals surface area contributed by atoms with Gasteiger partial charge >= 0.3 is 5.69 Å². The van der Waals surface area contributed by atoms with E-state index in [2.05, 4.69) is 10.3 Å². The third-order valence-electron chi connectivity index (χ3n) is 5.21. The maximum absolute atomic E-state index is 12.9. The normalized spacial score (nSPS) is 18.5. The second kappa shape index (κ2) is 7.26. The van der Waals surface area contributed by atoms with Crippen molar-refractivity contribution < 1.29 is 14.2 Å². The SMILES string of the molecule is O=c1nc(-c2ccccc2)c2c3c(ccc2n1CCC1CNCCO1)OCO3. The number of hydrogen-bond acceptors (Lipinski definition) is 6. The van der Waals surface area contributed by atoms with Gasteiger partial charge in [0.25, 0.3) is 0 Å². The number of aromatic nitrogens is 2. The van der Waals surface area contributed by atoms with Crippen LogP contribution in [0.1, 0.15) is 6.42 Å². The fourth-order valence-corrected chi connectivity index (χ4v) is 3.83. The van der Waals surface area contributed by atoms with Gasteiger partial charge in [-0.25, -0.2) is 4.79 Å². The monoisotopic (exact) mass is 379 g/mol. The van der Waals surface area contributed by atoms with Crippen LogP contribution < -0.4 is 20.5 Å². The molecule has 2 aromatic carbocycles. The van der Waals surface area contributed by atoms with Gasteiger partial charge in [-0.2, -0.15) is 4.98 Å². The van der Waals surface area contributed by atoms with E-state index in [1.165, 1.54) is 0 Å². The van der Waals surface area contributed by atoms with E-state index in [0.29, 0.717) is 30.3 Å². The van der Waals surface area contributed by atoms with Crippen molar-refractivity contribution in [3.8, 4) is 22.8 Å². The maximum Gasteiger partial charge on any atom is 0.348 e. The Labute approximate surface area is 161 Å². The molecule has 7 nitrogen and oxygen atoms in total. The summed E-state index contributed by atoms with van der Waals surface area (Å²) in [4.78, 5) is 17.4. The number of aryl methyl sites for hydroxylation is 1. The van der Waals surface area contributed by atoms with Gasteiger partial charge in [-0.05, 0) is 18.6 Å². The van der Waals surface area contributed by atoms with Crippen LogP contribution in [0.5, 0.6) is 11.5 Å². The second-order valence-corrected chi connectivity index (χ2v) is 6.94. The molecule has 1 atom stereocenters. The Morgan fingerprint density at radius 3 is 2.86 bits per heavy atom. The summed E-state index contributed by atoms with van der Waals surface area (Å²) in [6.45, 7) is 3.07. The van der Waals surface area contributed by atoms with Crippen LogP contribution in [0.3, 0.4) is 0 Å². The molecule has 0 spiro atoms. The lowest BCUT2D eigenvalue weighted by Gasteiger charge is -2.24. The lowest BCUT2D eigenvalue weighted by Crippen LogP contribution is -2.39. The molecule has 1 N–H and O–H groups in total. The van der Waals surface area contributed by atoms with Crippen LogP contribution in [-0.4, -0.2) is 42.1 Å². The molecule has 3 heterocycles. The van der Waals surface area contributed by atoms with Crippen LogP contribution >= 0.6 is 0 Å². The van der Waals surface area contributed by atoms with E-state index in [4.69, 9.17) is 14.2 Å². The molecular weight excluding hydrogens is 358 g/mol. The highest BCUT2D eigenvalue weighted by Crippen LogP contribution is 2.42. The average molecular weight is 379 g/mol. The summed E-state index contributed by atoms with van der Waals surface area (Å²) in [5.41, 5.74) is 2.02. The van der Waals surface area contributed by atoms with Crippen molar-refractivity contribution in [3.05, 3.63) is 52.9 Å². The third kappa shape index (κ3) is 3.02. The van der Waals surface area contributed by atoms with Crippen LogP contribution in [0.4, 0.5) is 0 Å². The Hall–Kier alpha value is -2.90. The molecule has 0 amide bonds. The van der Waals surface area contributed by atoms with E-state index in [0.717, 1.165) is 36.0 Å². The second-order valence-electron chi connectivity index (χ2n) is 6.94. The topological polar surface area (TPSA) is 74.6 Å². The molecule has 5 rings (SSSR count). The van der Waals surface area contributed by atoms with Crippen LogP contribution in [0, 0.1) is 0 Å². The van der Waals surface area contributed by atoms with Gasteiger partial charge in [0.05, 0.1) is 29.3 Å². The summed E-state index contributed by atoms with van der Waals surface area (Å²) in [5.74, 6) is 1.32. The highest BCUT2D eigenvalue weighted by molar-refractivity contribution is 5.99. The van der Waals surface area contributed by atoms with Crippen LogP contribution in [-0.2, 0) is 11.3 Å². The molecule has 0 bridgehead atoms. The van der Waals surface area contributed by atoms with E-state index in [9.17, 15) is 4.79 Å². The van der Waals surface area contributed by atoms with E-state index in [1.807, 2.05) is 42.5 Å². The van der Waals surface area contributed by atoms with Gasteiger partial charge in [-0.15, -0.1) is 0 Å². The molecule has 7 heteroatoms. The molecule has 0 saturated carbocycles. The molecule has 1 aromatic heterocycles. The Morgan fingerprint density at radius 1 is 1.14 bits per heavy atom. The first-order chi connectivity index (χ1) is 13.8.